The van der Waals surface area contributed by atoms with Crippen LogP contribution in [0.25, 0.3) is 5.65 Å². The van der Waals surface area contributed by atoms with E-state index in [1.54, 1.807) is 29.7 Å². The van der Waals surface area contributed by atoms with Gasteiger partial charge < -0.3 is 4.74 Å². The lowest BCUT2D eigenvalue weighted by molar-refractivity contribution is 0.414. The van der Waals surface area contributed by atoms with Crippen LogP contribution in [0.1, 0.15) is 11.1 Å². The highest BCUT2D eigenvalue weighted by atomic mass is 32.2. The Morgan fingerprint density at radius 1 is 1.07 bits per heavy atom. The summed E-state index contributed by atoms with van der Waals surface area (Å²) in [6.07, 6.45) is 3.01. The Labute approximate surface area is 169 Å². The summed E-state index contributed by atoms with van der Waals surface area (Å²) in [6.45, 7) is 2.13. The molecule has 0 radical (unpaired) electrons. The van der Waals surface area contributed by atoms with Gasteiger partial charge in [-0.3, -0.25) is 8.71 Å². The van der Waals surface area contributed by atoms with Gasteiger partial charge >= 0.3 is 0 Å². The van der Waals surface area contributed by atoms with E-state index in [1.165, 1.54) is 16.8 Å². The van der Waals surface area contributed by atoms with Crippen molar-refractivity contribution in [1.29, 1.82) is 0 Å². The molecule has 0 N–H and O–H groups in total. The van der Waals surface area contributed by atoms with Gasteiger partial charge in [-0.1, -0.05) is 24.3 Å². The molecule has 2 aromatic carbocycles. The van der Waals surface area contributed by atoms with E-state index in [0.717, 1.165) is 16.9 Å². The van der Waals surface area contributed by atoms with Crippen molar-refractivity contribution in [2.45, 2.75) is 18.4 Å². The molecule has 0 aliphatic carbocycles. The van der Waals surface area contributed by atoms with E-state index in [4.69, 9.17) is 4.74 Å². The predicted molar refractivity (Wildman–Crippen MR) is 111 cm³/mol. The van der Waals surface area contributed by atoms with Gasteiger partial charge in [0, 0.05) is 6.20 Å². The molecule has 8 heteroatoms. The number of sulfonamides is 1. The third-order valence-corrected chi connectivity index (χ3v) is 6.38. The molecule has 148 valence electrons. The number of methoxy groups -OCH3 is 1. The molecule has 0 fully saturated rings. The molecule has 7 nitrogen and oxygen atoms in total. The summed E-state index contributed by atoms with van der Waals surface area (Å²) >= 11 is 0. The molecule has 0 spiro atoms. The summed E-state index contributed by atoms with van der Waals surface area (Å²) in [5.41, 5.74) is 3.01. The molecule has 0 bridgehead atoms. The zero-order valence-corrected chi connectivity index (χ0v) is 16.9. The van der Waals surface area contributed by atoms with Crippen molar-refractivity contribution in [3.63, 3.8) is 0 Å². The monoisotopic (exact) mass is 408 g/mol. The molecule has 2 heterocycles. The molecule has 0 saturated heterocycles. The second kappa shape index (κ2) is 7.56. The second-order valence-electron chi connectivity index (χ2n) is 6.66. The minimum absolute atomic E-state index is 0.166. The van der Waals surface area contributed by atoms with Gasteiger partial charge in [-0.2, -0.15) is 0 Å². The maximum Gasteiger partial charge on any atom is 0.266 e. The van der Waals surface area contributed by atoms with Crippen molar-refractivity contribution >= 4 is 21.4 Å². The van der Waals surface area contributed by atoms with Crippen LogP contribution in [-0.2, 0) is 16.6 Å². The van der Waals surface area contributed by atoms with Crippen LogP contribution >= 0.6 is 0 Å². The lowest BCUT2D eigenvalue weighted by atomic mass is 10.2. The number of hydrogen-bond donors (Lipinski definition) is 0. The van der Waals surface area contributed by atoms with E-state index in [-0.39, 0.29) is 11.4 Å². The number of hydrogen-bond acceptors (Lipinski definition) is 5. The molecular weight excluding hydrogens is 388 g/mol. The normalized spacial score (nSPS) is 11.5. The quantitative estimate of drug-likeness (QED) is 0.488. The molecule has 0 saturated carbocycles. The van der Waals surface area contributed by atoms with Crippen LogP contribution in [0, 0.1) is 6.92 Å². The van der Waals surface area contributed by atoms with Gasteiger partial charge in [-0.05, 0) is 54.4 Å². The van der Waals surface area contributed by atoms with E-state index < -0.39 is 10.0 Å². The number of anilines is 1. The summed E-state index contributed by atoms with van der Waals surface area (Å²) < 4.78 is 35.4. The van der Waals surface area contributed by atoms with Crippen LogP contribution in [0.3, 0.4) is 0 Å². The van der Waals surface area contributed by atoms with Crippen molar-refractivity contribution in [1.82, 2.24) is 14.6 Å². The van der Waals surface area contributed by atoms with Gasteiger partial charge in [0.1, 0.15) is 17.0 Å². The highest BCUT2D eigenvalue weighted by molar-refractivity contribution is 7.92. The molecule has 0 atom stereocenters. The number of aryl methyl sites for hydroxylation is 1. The standard InChI is InChI=1S/C21H20N4O3S/c1-16-4-3-5-18(12-16)25(13-17-6-8-19(28-2)9-7-17)29(26,27)20-10-11-21-23-22-15-24(21)14-20/h3-12,14-15H,13H2,1-2H3. The van der Waals surface area contributed by atoms with Gasteiger partial charge in [0.15, 0.2) is 5.65 Å². The summed E-state index contributed by atoms with van der Waals surface area (Å²) in [7, 11) is -2.23. The number of benzene rings is 2. The maximum atomic E-state index is 13.6. The molecule has 0 aliphatic heterocycles. The predicted octanol–water partition coefficient (Wildman–Crippen LogP) is 3.44. The Morgan fingerprint density at radius 2 is 1.86 bits per heavy atom. The zero-order valence-electron chi connectivity index (χ0n) is 16.1. The molecule has 4 aromatic rings. The van der Waals surface area contributed by atoms with Gasteiger partial charge in [-0.15, -0.1) is 10.2 Å². The van der Waals surface area contributed by atoms with Gasteiger partial charge in [0.05, 0.1) is 19.3 Å². The fraction of sp³-hybridized carbons (Fsp3) is 0.143. The fourth-order valence-electron chi connectivity index (χ4n) is 3.08. The average molecular weight is 408 g/mol. The van der Waals surface area contributed by atoms with E-state index in [2.05, 4.69) is 10.2 Å². The molecule has 2 aromatic heterocycles. The van der Waals surface area contributed by atoms with E-state index in [1.807, 2.05) is 49.4 Å². The Morgan fingerprint density at radius 3 is 2.59 bits per heavy atom. The highest BCUT2D eigenvalue weighted by Crippen LogP contribution is 2.27. The fourth-order valence-corrected chi connectivity index (χ4v) is 4.53. The first-order valence-corrected chi connectivity index (χ1v) is 10.4. The zero-order chi connectivity index (χ0) is 20.4. The smallest absolute Gasteiger partial charge is 0.266 e. The molecule has 0 aliphatic rings. The number of aromatic nitrogens is 3. The minimum Gasteiger partial charge on any atom is -0.497 e. The van der Waals surface area contributed by atoms with Crippen molar-refractivity contribution in [3.8, 4) is 5.75 Å². The van der Waals surface area contributed by atoms with E-state index in [9.17, 15) is 8.42 Å². The van der Waals surface area contributed by atoms with Crippen LogP contribution in [-0.4, -0.2) is 30.1 Å². The van der Waals surface area contributed by atoms with Crippen molar-refractivity contribution in [2.24, 2.45) is 0 Å². The SMILES string of the molecule is COc1ccc(CN(c2cccc(C)c2)S(=O)(=O)c2ccc3nncn3c2)cc1. The van der Waals surface area contributed by atoms with Crippen LogP contribution in [0.5, 0.6) is 5.75 Å². The van der Waals surface area contributed by atoms with Gasteiger partial charge in [0.25, 0.3) is 10.0 Å². The first kappa shape index (κ1) is 18.9. The third-order valence-electron chi connectivity index (χ3n) is 4.63. The van der Waals surface area contributed by atoms with Crippen molar-refractivity contribution < 1.29 is 13.2 Å². The van der Waals surface area contributed by atoms with Gasteiger partial charge in [-0.25, -0.2) is 8.42 Å². The molecule has 0 unspecified atom stereocenters. The largest absolute Gasteiger partial charge is 0.497 e. The Bertz CT molecular complexity index is 1250. The molecule has 29 heavy (non-hydrogen) atoms. The Balaban J connectivity index is 1.79. The Hall–Kier alpha value is -3.39. The van der Waals surface area contributed by atoms with Crippen LogP contribution in [0.15, 0.2) is 78.1 Å². The van der Waals surface area contributed by atoms with Crippen LogP contribution in [0.2, 0.25) is 0 Å². The van der Waals surface area contributed by atoms with Crippen LogP contribution < -0.4 is 9.04 Å². The number of ether oxygens (including phenoxy) is 1. The van der Waals surface area contributed by atoms with Crippen LogP contribution in [0.4, 0.5) is 5.69 Å². The van der Waals surface area contributed by atoms with Crippen molar-refractivity contribution in [2.75, 3.05) is 11.4 Å². The average Bonchev–Trinajstić information content (AvgIpc) is 3.20. The second-order valence-corrected chi connectivity index (χ2v) is 8.52. The van der Waals surface area contributed by atoms with E-state index in [0.29, 0.717) is 11.3 Å². The van der Waals surface area contributed by atoms with E-state index >= 15 is 0 Å². The number of fused-ring (bicyclic) bond motifs is 1. The summed E-state index contributed by atoms with van der Waals surface area (Å²) in [4.78, 5) is 0.166. The molecule has 0 amide bonds. The first-order valence-electron chi connectivity index (χ1n) is 8.99. The minimum atomic E-state index is -3.83. The number of rotatable bonds is 6. The Kier molecular flexibility index (Phi) is 4.94. The summed E-state index contributed by atoms with van der Waals surface area (Å²) in [5.74, 6) is 0.719. The third kappa shape index (κ3) is 3.79. The molecular formula is C21H20N4O3S. The van der Waals surface area contributed by atoms with Gasteiger partial charge in [0.2, 0.25) is 0 Å². The highest BCUT2D eigenvalue weighted by Gasteiger charge is 2.26. The maximum absolute atomic E-state index is 13.6. The number of pyridine rings is 1. The summed E-state index contributed by atoms with van der Waals surface area (Å²) in [5, 5.41) is 7.75. The first-order chi connectivity index (χ1) is 14.0. The number of nitrogens with zero attached hydrogens (tertiary/aromatic N) is 4. The van der Waals surface area contributed by atoms with Crippen molar-refractivity contribution in [3.05, 3.63) is 84.3 Å². The molecule has 4 rings (SSSR count). The lowest BCUT2D eigenvalue weighted by Crippen LogP contribution is -2.30. The topological polar surface area (TPSA) is 76.8 Å². The summed E-state index contributed by atoms with van der Waals surface area (Å²) in [6, 6.07) is 18.0. The lowest BCUT2D eigenvalue weighted by Gasteiger charge is -2.25.